The first-order valence-corrected chi connectivity index (χ1v) is 23.7. The average molecular weight is 915 g/mol. The van der Waals surface area contributed by atoms with E-state index in [0.717, 1.165) is 44.1 Å². The minimum absolute atomic E-state index is 0.00181. The van der Waals surface area contributed by atoms with Gasteiger partial charge in [0.2, 0.25) is 0 Å². The summed E-state index contributed by atoms with van der Waals surface area (Å²) in [4.78, 5) is 13.9. The maximum Gasteiger partial charge on any atom is 0.187 e. The molecule has 0 amide bonds. The number of hydrogen-bond acceptors (Lipinski definition) is 17. The van der Waals surface area contributed by atoms with Crippen molar-refractivity contribution in [3.63, 3.8) is 0 Å². The molecule has 3 saturated heterocycles. The molecule has 7 fully saturated rings. The van der Waals surface area contributed by atoms with Gasteiger partial charge >= 0.3 is 0 Å². The second-order valence-corrected chi connectivity index (χ2v) is 22.1. The zero-order valence-corrected chi connectivity index (χ0v) is 38.6. The number of aliphatic hydroxyl groups excluding tert-OH is 10. The molecular formula is C47H78O17. The summed E-state index contributed by atoms with van der Waals surface area (Å²) >= 11 is 0. The van der Waals surface area contributed by atoms with E-state index >= 15 is 0 Å². The van der Waals surface area contributed by atoms with E-state index in [0.29, 0.717) is 25.7 Å². The third kappa shape index (κ3) is 8.50. The predicted octanol–water partition coefficient (Wildman–Crippen LogP) is 0.821. The highest BCUT2D eigenvalue weighted by atomic mass is 16.7. The van der Waals surface area contributed by atoms with Gasteiger partial charge in [-0.2, -0.15) is 0 Å². The summed E-state index contributed by atoms with van der Waals surface area (Å²) in [6, 6.07) is 0. The van der Waals surface area contributed by atoms with Crippen molar-refractivity contribution in [2.75, 3.05) is 19.8 Å². The lowest BCUT2D eigenvalue weighted by atomic mass is 9.35. The van der Waals surface area contributed by atoms with Crippen LogP contribution in [0.25, 0.3) is 0 Å². The van der Waals surface area contributed by atoms with Crippen molar-refractivity contribution in [3.05, 3.63) is 11.6 Å². The van der Waals surface area contributed by atoms with Gasteiger partial charge in [-0.05, 0) is 125 Å². The lowest BCUT2D eigenvalue weighted by Gasteiger charge is -2.69. The Morgan fingerprint density at radius 1 is 0.703 bits per heavy atom. The van der Waals surface area contributed by atoms with E-state index in [1.165, 1.54) is 6.29 Å². The van der Waals surface area contributed by atoms with Crippen LogP contribution in [0.3, 0.4) is 0 Å². The van der Waals surface area contributed by atoms with Gasteiger partial charge < -0.3 is 84.3 Å². The number of fused-ring (bicyclic) bond motifs is 5. The van der Waals surface area contributed by atoms with Crippen molar-refractivity contribution < 1.29 is 84.3 Å². The lowest BCUT2D eigenvalue weighted by Crippen LogP contribution is -2.67. The highest BCUT2D eigenvalue weighted by Crippen LogP contribution is 2.76. The number of ether oxygens (including phenoxy) is 6. The largest absolute Gasteiger partial charge is 0.394 e. The molecule has 0 unspecified atom stereocenters. The first kappa shape index (κ1) is 50.6. The maximum absolute atomic E-state index is 13.9. The van der Waals surface area contributed by atoms with E-state index < -0.39 is 115 Å². The predicted molar refractivity (Wildman–Crippen MR) is 227 cm³/mol. The Balaban J connectivity index is 1.10. The Morgan fingerprint density at radius 3 is 1.98 bits per heavy atom. The number of hydrogen-bond donors (Lipinski definition) is 10. The quantitative estimate of drug-likeness (QED) is 0.0696. The van der Waals surface area contributed by atoms with E-state index in [2.05, 4.69) is 40.7 Å². The standard InChI is InChI=1S/C47H78O17/c1-23(2)9-8-15-46(7,64-42-39(58)36(55)34(53)28(62-42)21-60-40-37(56)32(51)26(50)20-59-40)25-12-16-44(5)24(25)10-11-30-45(44,6)17-13-29-43(3,4)31(14-18-47(29,30)22-49)63-41-38(57)35(54)33(52)27(19-48)61-41/h9,22,24-42,48,50-58H,8,10-21H2,1-7H3/t24-,25+,26-,27-,28-,29+,30+,31+,32+,33-,34-,35+,36+,37-,38-,39-,40+,41+,42+,44-,45-,46-,47-/m1/s1. The number of aliphatic hydroxyl groups is 10. The molecule has 3 heterocycles. The molecule has 64 heavy (non-hydrogen) atoms. The van der Waals surface area contributed by atoms with Gasteiger partial charge in [0, 0.05) is 5.41 Å². The molecule has 0 aromatic rings. The van der Waals surface area contributed by atoms with Crippen LogP contribution < -0.4 is 0 Å². The molecule has 7 aliphatic rings. The van der Waals surface area contributed by atoms with Crippen molar-refractivity contribution >= 4 is 6.29 Å². The Bertz CT molecular complexity index is 1640. The first-order valence-electron chi connectivity index (χ1n) is 23.7. The van der Waals surface area contributed by atoms with Gasteiger partial charge in [-0.25, -0.2) is 0 Å². The lowest BCUT2D eigenvalue weighted by molar-refractivity contribution is -0.344. The van der Waals surface area contributed by atoms with Crippen LogP contribution in [0.15, 0.2) is 11.6 Å². The van der Waals surface area contributed by atoms with Crippen LogP contribution >= 0.6 is 0 Å². The zero-order valence-electron chi connectivity index (χ0n) is 38.6. The van der Waals surface area contributed by atoms with Gasteiger partial charge in [0.15, 0.2) is 18.9 Å². The molecule has 4 aliphatic carbocycles. The van der Waals surface area contributed by atoms with Crippen molar-refractivity contribution in [1.82, 2.24) is 0 Å². The second kappa shape index (κ2) is 18.9. The molecule has 4 saturated carbocycles. The Kier molecular flexibility index (Phi) is 15.0. The van der Waals surface area contributed by atoms with Crippen LogP contribution in [0, 0.1) is 45.3 Å². The summed E-state index contributed by atoms with van der Waals surface area (Å²) in [7, 11) is 0. The van der Waals surface area contributed by atoms with Gasteiger partial charge in [-0.1, -0.05) is 39.3 Å². The molecule has 368 valence electrons. The summed E-state index contributed by atoms with van der Waals surface area (Å²) in [5.41, 5.74) is -1.35. The van der Waals surface area contributed by atoms with Crippen LogP contribution in [-0.2, 0) is 33.2 Å². The van der Waals surface area contributed by atoms with Crippen molar-refractivity contribution in [2.24, 2.45) is 45.3 Å². The van der Waals surface area contributed by atoms with Crippen molar-refractivity contribution in [1.29, 1.82) is 0 Å². The Morgan fingerprint density at radius 2 is 1.33 bits per heavy atom. The molecule has 0 spiro atoms. The van der Waals surface area contributed by atoms with Crippen molar-refractivity contribution in [3.8, 4) is 0 Å². The van der Waals surface area contributed by atoms with E-state index in [4.69, 9.17) is 28.4 Å². The summed E-state index contributed by atoms with van der Waals surface area (Å²) < 4.78 is 36.5. The molecule has 0 radical (unpaired) electrons. The van der Waals surface area contributed by atoms with Crippen LogP contribution in [0.4, 0.5) is 0 Å². The van der Waals surface area contributed by atoms with Crippen LogP contribution in [0.2, 0.25) is 0 Å². The normalized spacial score (nSPS) is 51.2. The SMILES string of the molecule is CC(C)=CCC[C@@](C)(O[C@@H]1O[C@H](CO[C@@H]2OC[C@@H](O)[C@H](O)[C@H]2O)[C@@H](O)[C@H](O)[C@H]1O)[C@H]1CC[C@]2(C)[C@@H]1CC[C@@H]1[C@@]3(C=O)CC[C@H](O[C@@H]4O[C@H](CO)[C@@H](O)[C@H](O)[C@H]4O)C(C)(C)[C@@H]3CC[C@]12C. The third-order valence-corrected chi connectivity index (χ3v) is 18.2. The van der Waals surface area contributed by atoms with Crippen LogP contribution in [0.1, 0.15) is 113 Å². The molecule has 23 atom stereocenters. The van der Waals surface area contributed by atoms with Crippen LogP contribution in [-0.4, -0.2) is 175 Å². The van der Waals surface area contributed by atoms with Crippen LogP contribution in [0.5, 0.6) is 0 Å². The average Bonchev–Trinajstić information content (AvgIpc) is 3.62. The molecule has 17 nitrogen and oxygen atoms in total. The molecule has 7 rings (SSSR count). The second-order valence-electron chi connectivity index (χ2n) is 22.1. The summed E-state index contributed by atoms with van der Waals surface area (Å²) in [5, 5.41) is 105. The highest BCUT2D eigenvalue weighted by molar-refractivity contribution is 5.62. The van der Waals surface area contributed by atoms with Gasteiger partial charge in [0.25, 0.3) is 0 Å². The van der Waals surface area contributed by atoms with Gasteiger partial charge in [-0.3, -0.25) is 0 Å². The number of carbonyl (C=O) groups is 1. The van der Waals surface area contributed by atoms with Gasteiger partial charge in [-0.15, -0.1) is 0 Å². The monoisotopic (exact) mass is 915 g/mol. The van der Waals surface area contributed by atoms with Crippen molar-refractivity contribution in [2.45, 2.75) is 210 Å². The molecule has 10 N–H and O–H groups in total. The van der Waals surface area contributed by atoms with E-state index in [1.807, 2.05) is 13.8 Å². The maximum atomic E-state index is 13.9. The minimum atomic E-state index is -1.65. The Labute approximate surface area is 377 Å². The number of allylic oxidation sites excluding steroid dienone is 2. The topological polar surface area (TPSA) is 275 Å². The first-order chi connectivity index (χ1) is 30.0. The Hall–Kier alpha value is -1.23. The number of rotatable bonds is 13. The molecule has 0 bridgehead atoms. The van der Waals surface area contributed by atoms with Gasteiger partial charge in [0.1, 0.15) is 73.4 Å². The fraction of sp³-hybridized carbons (Fsp3) is 0.936. The summed E-state index contributed by atoms with van der Waals surface area (Å²) in [6.07, 6.45) is -9.76. The highest BCUT2D eigenvalue weighted by Gasteiger charge is 2.71. The molecule has 0 aromatic heterocycles. The van der Waals surface area contributed by atoms with E-state index in [-0.39, 0.29) is 47.7 Å². The van der Waals surface area contributed by atoms with Gasteiger partial charge in [0.05, 0.1) is 31.5 Å². The van der Waals surface area contributed by atoms with E-state index in [9.17, 15) is 55.9 Å². The number of carbonyl (C=O) groups excluding carboxylic acids is 1. The number of aldehydes is 1. The van der Waals surface area contributed by atoms with E-state index in [1.54, 1.807) is 0 Å². The fourth-order valence-electron chi connectivity index (χ4n) is 14.3. The molecule has 0 aromatic carbocycles. The zero-order chi connectivity index (χ0) is 46.9. The molecular weight excluding hydrogens is 836 g/mol. The fourth-order valence-corrected chi connectivity index (χ4v) is 14.3. The summed E-state index contributed by atoms with van der Waals surface area (Å²) in [5.74, 6) is 0.186. The smallest absolute Gasteiger partial charge is 0.187 e. The molecule has 3 aliphatic heterocycles. The third-order valence-electron chi connectivity index (χ3n) is 18.2. The summed E-state index contributed by atoms with van der Waals surface area (Å²) in [6.45, 7) is 13.9. The molecule has 17 heteroatoms. The minimum Gasteiger partial charge on any atom is -0.394 e.